The molecule has 2 N–H and O–H groups in total. The summed E-state index contributed by atoms with van der Waals surface area (Å²) in [7, 11) is 0. The lowest BCUT2D eigenvalue weighted by atomic mass is 10.7. The van der Waals surface area contributed by atoms with Crippen LogP contribution in [-0.2, 0) is 0 Å². The van der Waals surface area contributed by atoms with E-state index in [0.29, 0.717) is 10.8 Å². The van der Waals surface area contributed by atoms with Gasteiger partial charge in [0.1, 0.15) is 5.03 Å². The zero-order chi connectivity index (χ0) is 8.10. The lowest BCUT2D eigenvalue weighted by Crippen LogP contribution is -2.04. The summed E-state index contributed by atoms with van der Waals surface area (Å²) < 4.78 is 0. The Labute approximate surface area is 67.7 Å². The summed E-state index contributed by atoms with van der Waals surface area (Å²) in [5, 5.41) is 9.10. The Hall–Kier alpha value is -0.810. The smallest absolute Gasteiger partial charge is 0.251 e. The topological polar surface area (TPSA) is 66.0 Å². The number of hydrogen-bond acceptors (Lipinski definition) is 4. The van der Waals surface area contributed by atoms with Crippen molar-refractivity contribution in [3.63, 3.8) is 0 Å². The first-order valence-corrected chi connectivity index (χ1v) is 4.10. The number of aliphatic hydroxyl groups is 1. The maximum Gasteiger partial charge on any atom is 0.251 e. The quantitative estimate of drug-likeness (QED) is 0.491. The highest BCUT2D eigenvalue weighted by Crippen LogP contribution is 2.09. The molecule has 1 aromatic heterocycles. The standard InChI is InChI=1S/C6H8N2O2S/c9-1-2-11-6-3-5(10)7-4-8-6/h3-4,9H,1-2H2,(H,7,8,10). The van der Waals surface area contributed by atoms with Gasteiger partial charge in [-0.05, 0) is 0 Å². The molecule has 11 heavy (non-hydrogen) atoms. The normalized spacial score (nSPS) is 9.91. The second-order valence-electron chi connectivity index (χ2n) is 1.82. The van der Waals surface area contributed by atoms with Crippen LogP contribution in [0.5, 0.6) is 0 Å². The minimum absolute atomic E-state index is 0.0964. The van der Waals surface area contributed by atoms with Crippen LogP contribution in [0.1, 0.15) is 0 Å². The third-order valence-electron chi connectivity index (χ3n) is 0.994. The van der Waals surface area contributed by atoms with E-state index in [2.05, 4.69) is 9.97 Å². The summed E-state index contributed by atoms with van der Waals surface area (Å²) in [4.78, 5) is 17.0. The number of aliphatic hydroxyl groups excluding tert-OH is 1. The zero-order valence-electron chi connectivity index (χ0n) is 5.78. The molecule has 0 aliphatic carbocycles. The fraction of sp³-hybridized carbons (Fsp3) is 0.333. The minimum Gasteiger partial charge on any atom is -0.396 e. The first kappa shape index (κ1) is 8.29. The predicted molar refractivity (Wildman–Crippen MR) is 42.7 cm³/mol. The van der Waals surface area contributed by atoms with E-state index in [-0.39, 0.29) is 12.2 Å². The van der Waals surface area contributed by atoms with Crippen molar-refractivity contribution in [1.82, 2.24) is 9.97 Å². The van der Waals surface area contributed by atoms with E-state index >= 15 is 0 Å². The van der Waals surface area contributed by atoms with Gasteiger partial charge >= 0.3 is 0 Å². The van der Waals surface area contributed by atoms with Crippen molar-refractivity contribution in [2.24, 2.45) is 0 Å². The van der Waals surface area contributed by atoms with Gasteiger partial charge in [0, 0.05) is 11.8 Å². The number of aromatic nitrogens is 2. The molecule has 0 aromatic carbocycles. The van der Waals surface area contributed by atoms with E-state index < -0.39 is 0 Å². The molecule has 0 atom stereocenters. The first-order valence-electron chi connectivity index (χ1n) is 3.11. The molecule has 0 aliphatic rings. The van der Waals surface area contributed by atoms with Crippen molar-refractivity contribution in [2.75, 3.05) is 12.4 Å². The van der Waals surface area contributed by atoms with Gasteiger partial charge in [0.25, 0.3) is 5.56 Å². The number of nitrogens with zero attached hydrogens (tertiary/aromatic N) is 1. The van der Waals surface area contributed by atoms with E-state index in [9.17, 15) is 4.79 Å². The molecule has 0 bridgehead atoms. The first-order chi connectivity index (χ1) is 5.33. The van der Waals surface area contributed by atoms with E-state index in [1.165, 1.54) is 24.2 Å². The van der Waals surface area contributed by atoms with Gasteiger partial charge in [-0.3, -0.25) is 4.79 Å². The van der Waals surface area contributed by atoms with Crippen molar-refractivity contribution < 1.29 is 5.11 Å². The molecule has 0 fully saturated rings. The molecule has 60 valence electrons. The third-order valence-corrected chi connectivity index (χ3v) is 1.90. The van der Waals surface area contributed by atoms with Gasteiger partial charge in [-0.25, -0.2) is 4.98 Å². The van der Waals surface area contributed by atoms with Crippen LogP contribution >= 0.6 is 11.8 Å². The highest BCUT2D eigenvalue weighted by molar-refractivity contribution is 7.99. The molecule has 5 heteroatoms. The van der Waals surface area contributed by atoms with E-state index in [4.69, 9.17) is 5.11 Å². The summed E-state index contributed by atoms with van der Waals surface area (Å²) in [6.45, 7) is 0.0964. The number of rotatable bonds is 3. The molecule has 1 aromatic rings. The molecule has 0 saturated heterocycles. The Morgan fingerprint density at radius 3 is 3.18 bits per heavy atom. The molecule has 0 amide bonds. The fourth-order valence-electron chi connectivity index (χ4n) is 0.580. The number of thioether (sulfide) groups is 1. The maximum absolute atomic E-state index is 10.7. The van der Waals surface area contributed by atoms with Crippen molar-refractivity contribution >= 4 is 11.8 Å². The highest BCUT2D eigenvalue weighted by atomic mass is 32.2. The van der Waals surface area contributed by atoms with Gasteiger partial charge in [-0.1, -0.05) is 0 Å². The number of aromatic amines is 1. The van der Waals surface area contributed by atoms with E-state index in [1.807, 2.05) is 0 Å². The third kappa shape index (κ3) is 2.73. The Kier molecular flexibility index (Phi) is 3.13. The van der Waals surface area contributed by atoms with Crippen molar-refractivity contribution in [3.05, 3.63) is 22.7 Å². The molecule has 0 radical (unpaired) electrons. The van der Waals surface area contributed by atoms with Crippen molar-refractivity contribution in [2.45, 2.75) is 5.03 Å². The van der Waals surface area contributed by atoms with Crippen LogP contribution in [-0.4, -0.2) is 27.4 Å². The van der Waals surface area contributed by atoms with Crippen LogP contribution in [0.3, 0.4) is 0 Å². The zero-order valence-corrected chi connectivity index (χ0v) is 6.60. The second kappa shape index (κ2) is 4.15. The summed E-state index contributed by atoms with van der Waals surface area (Å²) in [5.74, 6) is 0.566. The monoisotopic (exact) mass is 172 g/mol. The van der Waals surface area contributed by atoms with Gasteiger partial charge in [-0.2, -0.15) is 0 Å². The molecule has 0 aliphatic heterocycles. The lowest BCUT2D eigenvalue weighted by molar-refractivity contribution is 0.322. The molecule has 0 unspecified atom stereocenters. The molecular formula is C6H8N2O2S. The van der Waals surface area contributed by atoms with Crippen LogP contribution in [0, 0.1) is 0 Å². The van der Waals surface area contributed by atoms with Crippen molar-refractivity contribution in [3.8, 4) is 0 Å². The molecule has 1 heterocycles. The summed E-state index contributed by atoms with van der Waals surface area (Å²) >= 11 is 1.35. The largest absolute Gasteiger partial charge is 0.396 e. The number of H-pyrrole nitrogens is 1. The minimum atomic E-state index is -0.166. The average molecular weight is 172 g/mol. The second-order valence-corrected chi connectivity index (χ2v) is 2.94. The summed E-state index contributed by atoms with van der Waals surface area (Å²) in [5.41, 5.74) is -0.166. The van der Waals surface area contributed by atoms with Crippen LogP contribution in [0.2, 0.25) is 0 Å². The summed E-state index contributed by atoms with van der Waals surface area (Å²) in [6, 6.07) is 1.40. The SMILES string of the molecule is O=c1cc(SCCO)nc[nH]1. The average Bonchev–Trinajstić information content (AvgIpc) is 2.01. The Morgan fingerprint density at radius 2 is 2.55 bits per heavy atom. The number of nitrogens with one attached hydrogen (secondary N) is 1. The Balaban J connectivity index is 2.64. The van der Waals surface area contributed by atoms with Crippen LogP contribution in [0.15, 0.2) is 22.2 Å². The predicted octanol–water partition coefficient (Wildman–Crippen LogP) is -0.146. The van der Waals surface area contributed by atoms with Gasteiger partial charge in [0.15, 0.2) is 0 Å². The van der Waals surface area contributed by atoms with Gasteiger partial charge in [0.05, 0.1) is 12.9 Å². The molecule has 4 nitrogen and oxygen atoms in total. The van der Waals surface area contributed by atoms with Gasteiger partial charge in [0.2, 0.25) is 0 Å². The van der Waals surface area contributed by atoms with E-state index in [1.54, 1.807) is 0 Å². The summed E-state index contributed by atoms with van der Waals surface area (Å²) in [6.07, 6.45) is 1.35. The van der Waals surface area contributed by atoms with Crippen LogP contribution in [0.4, 0.5) is 0 Å². The highest BCUT2D eigenvalue weighted by Gasteiger charge is 1.93. The Bertz CT molecular complexity index is 273. The maximum atomic E-state index is 10.7. The lowest BCUT2D eigenvalue weighted by Gasteiger charge is -1.94. The van der Waals surface area contributed by atoms with Crippen molar-refractivity contribution in [1.29, 1.82) is 0 Å². The molecule has 0 spiro atoms. The van der Waals surface area contributed by atoms with Gasteiger partial charge in [-0.15, -0.1) is 11.8 Å². The molecule has 0 saturated carbocycles. The Morgan fingerprint density at radius 1 is 1.73 bits per heavy atom. The fourth-order valence-corrected chi connectivity index (χ4v) is 1.20. The van der Waals surface area contributed by atoms with Crippen LogP contribution < -0.4 is 5.56 Å². The molecular weight excluding hydrogens is 164 g/mol. The molecule has 1 rings (SSSR count). The van der Waals surface area contributed by atoms with Crippen LogP contribution in [0.25, 0.3) is 0 Å². The van der Waals surface area contributed by atoms with E-state index in [0.717, 1.165) is 0 Å². The van der Waals surface area contributed by atoms with Gasteiger partial charge < -0.3 is 10.1 Å². The number of hydrogen-bond donors (Lipinski definition) is 2.